The second-order valence-corrected chi connectivity index (χ2v) is 6.29. The first-order valence-corrected chi connectivity index (χ1v) is 7.86. The van der Waals surface area contributed by atoms with Crippen molar-refractivity contribution >= 4 is 11.9 Å². The third-order valence-electron chi connectivity index (χ3n) is 4.69. The van der Waals surface area contributed by atoms with Crippen LogP contribution in [-0.4, -0.2) is 46.6 Å². The Morgan fingerprint density at radius 3 is 2.64 bits per heavy atom. The molecule has 3 N–H and O–H groups in total. The summed E-state index contributed by atoms with van der Waals surface area (Å²) in [5, 5.41) is 12.8. The van der Waals surface area contributed by atoms with Gasteiger partial charge in [-0.3, -0.25) is 4.79 Å². The van der Waals surface area contributed by atoms with Gasteiger partial charge in [0.05, 0.1) is 12.1 Å². The van der Waals surface area contributed by atoms with Gasteiger partial charge in [0.15, 0.2) is 0 Å². The summed E-state index contributed by atoms with van der Waals surface area (Å²) in [6.45, 7) is 0.137. The van der Waals surface area contributed by atoms with Crippen molar-refractivity contribution in [2.24, 2.45) is 16.8 Å². The molecule has 22 heavy (non-hydrogen) atoms. The molecule has 8 nitrogen and oxygen atoms in total. The molecule has 1 aliphatic carbocycles. The fourth-order valence-electron chi connectivity index (χ4n) is 3.54. The summed E-state index contributed by atoms with van der Waals surface area (Å²) in [4.78, 5) is 27.8. The van der Waals surface area contributed by atoms with Gasteiger partial charge in [0.2, 0.25) is 5.91 Å². The van der Waals surface area contributed by atoms with Gasteiger partial charge >= 0.3 is 5.97 Å². The molecule has 122 valence electrons. The number of azide groups is 1. The molecule has 0 spiro atoms. The molecule has 8 heteroatoms. The van der Waals surface area contributed by atoms with Crippen LogP contribution in [-0.2, 0) is 9.59 Å². The lowest BCUT2D eigenvalue weighted by molar-refractivity contribution is -0.148. The lowest BCUT2D eigenvalue weighted by atomic mass is 9.84. The number of nitrogens with zero attached hydrogens (tertiary/aromatic N) is 4. The Balaban J connectivity index is 1.99. The molecule has 3 atom stereocenters. The van der Waals surface area contributed by atoms with Crippen molar-refractivity contribution < 1.29 is 14.7 Å². The largest absolute Gasteiger partial charge is 0.480 e. The van der Waals surface area contributed by atoms with Gasteiger partial charge in [-0.05, 0) is 24.3 Å². The number of amides is 1. The van der Waals surface area contributed by atoms with Crippen LogP contribution < -0.4 is 5.73 Å². The van der Waals surface area contributed by atoms with Crippen LogP contribution in [0.3, 0.4) is 0 Å². The fourth-order valence-corrected chi connectivity index (χ4v) is 3.54. The van der Waals surface area contributed by atoms with E-state index in [9.17, 15) is 14.7 Å². The van der Waals surface area contributed by atoms with E-state index in [1.807, 2.05) is 0 Å². The molecule has 0 aromatic heterocycles. The molecule has 0 aromatic carbocycles. The number of carboxylic acid groups (broad SMARTS) is 1. The smallest absolute Gasteiger partial charge is 0.326 e. The first kappa shape index (κ1) is 16.6. The minimum absolute atomic E-state index is 0.137. The predicted molar refractivity (Wildman–Crippen MR) is 79.9 cm³/mol. The standard InChI is InChI=1S/C14H23N5O3/c15-11(6-9-4-2-1-3-5-9)13(20)19-8-10(17-18-16)7-12(19)14(21)22/h9-12H,1-8,15H2,(H,21,22)/t10-,11?,12-/m0/s1. The van der Waals surface area contributed by atoms with Crippen molar-refractivity contribution in [1.29, 1.82) is 0 Å². The number of aliphatic carboxylic acids is 1. The van der Waals surface area contributed by atoms with Gasteiger partial charge in [-0.15, -0.1) is 0 Å². The predicted octanol–water partition coefficient (Wildman–Crippen LogP) is 1.65. The van der Waals surface area contributed by atoms with Crippen molar-refractivity contribution in [2.45, 2.75) is 63.1 Å². The number of rotatable bonds is 5. The van der Waals surface area contributed by atoms with Gasteiger partial charge in [-0.2, -0.15) is 0 Å². The summed E-state index contributed by atoms with van der Waals surface area (Å²) >= 11 is 0. The zero-order chi connectivity index (χ0) is 16.1. The highest BCUT2D eigenvalue weighted by molar-refractivity contribution is 5.87. The van der Waals surface area contributed by atoms with Gasteiger partial charge in [-0.1, -0.05) is 37.2 Å². The van der Waals surface area contributed by atoms with Crippen LogP contribution in [0.1, 0.15) is 44.9 Å². The van der Waals surface area contributed by atoms with Crippen LogP contribution in [0.15, 0.2) is 5.11 Å². The molecule has 1 aliphatic heterocycles. The molecule has 2 fully saturated rings. The van der Waals surface area contributed by atoms with E-state index in [0.717, 1.165) is 12.8 Å². The van der Waals surface area contributed by atoms with Crippen LogP contribution in [0.2, 0.25) is 0 Å². The molecule has 2 aliphatic rings. The van der Waals surface area contributed by atoms with Crippen LogP contribution in [0.4, 0.5) is 0 Å². The normalized spacial score (nSPS) is 27.2. The lowest BCUT2D eigenvalue weighted by Gasteiger charge is -2.28. The van der Waals surface area contributed by atoms with E-state index in [4.69, 9.17) is 11.3 Å². The van der Waals surface area contributed by atoms with E-state index in [1.54, 1.807) is 0 Å². The molecule has 0 radical (unpaired) electrons. The van der Waals surface area contributed by atoms with E-state index >= 15 is 0 Å². The zero-order valence-electron chi connectivity index (χ0n) is 12.6. The third-order valence-corrected chi connectivity index (χ3v) is 4.69. The Morgan fingerprint density at radius 1 is 1.36 bits per heavy atom. The molecule has 1 saturated carbocycles. The maximum absolute atomic E-state index is 12.5. The molecule has 1 saturated heterocycles. The Labute approximate surface area is 129 Å². The lowest BCUT2D eigenvalue weighted by Crippen LogP contribution is -2.49. The number of carboxylic acids is 1. The third kappa shape index (κ3) is 3.90. The van der Waals surface area contributed by atoms with E-state index in [2.05, 4.69) is 10.0 Å². The van der Waals surface area contributed by atoms with E-state index < -0.39 is 24.1 Å². The van der Waals surface area contributed by atoms with Crippen molar-refractivity contribution in [3.8, 4) is 0 Å². The van der Waals surface area contributed by atoms with E-state index in [1.165, 1.54) is 24.2 Å². The summed E-state index contributed by atoms with van der Waals surface area (Å²) in [7, 11) is 0. The van der Waals surface area contributed by atoms with Crippen molar-refractivity contribution in [1.82, 2.24) is 4.90 Å². The highest BCUT2D eigenvalue weighted by atomic mass is 16.4. The van der Waals surface area contributed by atoms with Crippen LogP contribution in [0.5, 0.6) is 0 Å². The summed E-state index contributed by atoms with van der Waals surface area (Å²) in [6, 6.07) is -2.10. The Morgan fingerprint density at radius 2 is 2.05 bits per heavy atom. The number of carbonyl (C=O) groups excluding carboxylic acids is 1. The maximum Gasteiger partial charge on any atom is 0.326 e. The van der Waals surface area contributed by atoms with Gasteiger partial charge in [0.1, 0.15) is 6.04 Å². The second kappa shape index (κ2) is 7.47. The van der Waals surface area contributed by atoms with Crippen molar-refractivity contribution in [2.75, 3.05) is 6.54 Å². The molecule has 0 aromatic rings. The summed E-state index contributed by atoms with van der Waals surface area (Å²) in [5.74, 6) is -0.964. The minimum Gasteiger partial charge on any atom is -0.480 e. The van der Waals surface area contributed by atoms with Crippen molar-refractivity contribution in [3.63, 3.8) is 0 Å². The van der Waals surface area contributed by atoms with Gasteiger partial charge in [0, 0.05) is 11.5 Å². The fraction of sp³-hybridized carbons (Fsp3) is 0.857. The second-order valence-electron chi connectivity index (χ2n) is 6.29. The topological polar surface area (TPSA) is 132 Å². The number of nitrogens with two attached hydrogens (primary N) is 1. The number of carbonyl (C=O) groups is 2. The Bertz CT molecular complexity index is 471. The summed E-state index contributed by atoms with van der Waals surface area (Å²) in [6.07, 6.45) is 6.52. The quantitative estimate of drug-likeness (QED) is 0.453. The Kier molecular flexibility index (Phi) is 5.63. The molecule has 1 unspecified atom stereocenters. The SMILES string of the molecule is [N-]=[N+]=N[C@H]1C[C@@H](C(=O)O)N(C(=O)C(N)CC2CCCCC2)C1. The van der Waals surface area contributed by atoms with Crippen LogP contribution in [0.25, 0.3) is 10.4 Å². The molecule has 0 bridgehead atoms. The van der Waals surface area contributed by atoms with Gasteiger partial charge in [0.25, 0.3) is 0 Å². The monoisotopic (exact) mass is 309 g/mol. The average Bonchev–Trinajstić information content (AvgIpc) is 2.92. The van der Waals surface area contributed by atoms with Crippen molar-refractivity contribution in [3.05, 3.63) is 10.4 Å². The number of likely N-dealkylation sites (tertiary alicyclic amines) is 1. The minimum atomic E-state index is -1.08. The van der Waals surface area contributed by atoms with Crippen LogP contribution >= 0.6 is 0 Å². The first-order valence-electron chi connectivity index (χ1n) is 7.86. The molecule has 1 heterocycles. The highest BCUT2D eigenvalue weighted by Crippen LogP contribution is 2.28. The highest BCUT2D eigenvalue weighted by Gasteiger charge is 2.41. The van der Waals surface area contributed by atoms with E-state index in [0.29, 0.717) is 12.3 Å². The summed E-state index contributed by atoms with van der Waals surface area (Å²) in [5.41, 5.74) is 14.5. The summed E-state index contributed by atoms with van der Waals surface area (Å²) < 4.78 is 0. The number of hydrogen-bond acceptors (Lipinski definition) is 4. The maximum atomic E-state index is 12.5. The average molecular weight is 309 g/mol. The van der Waals surface area contributed by atoms with Gasteiger partial charge in [-0.25, -0.2) is 4.79 Å². The molecular formula is C14H23N5O3. The molecule has 2 rings (SSSR count). The number of hydrogen-bond donors (Lipinski definition) is 2. The Hall–Kier alpha value is -1.79. The molecular weight excluding hydrogens is 286 g/mol. The van der Waals surface area contributed by atoms with Gasteiger partial charge < -0.3 is 15.7 Å². The first-order chi connectivity index (χ1) is 10.5. The zero-order valence-corrected chi connectivity index (χ0v) is 12.6. The van der Waals surface area contributed by atoms with E-state index in [-0.39, 0.29) is 18.9 Å². The molecule has 1 amide bonds. The van der Waals surface area contributed by atoms with Crippen LogP contribution in [0, 0.1) is 5.92 Å².